The summed E-state index contributed by atoms with van der Waals surface area (Å²) in [7, 11) is 0. The molecule has 1 heterocycles. The monoisotopic (exact) mass is 476 g/mol. The van der Waals surface area contributed by atoms with E-state index in [0.717, 1.165) is 32.1 Å². The molecule has 143 valence electrons. The molecule has 27 heavy (non-hydrogen) atoms. The van der Waals surface area contributed by atoms with Crippen LogP contribution in [0.2, 0.25) is 0 Å². The molecule has 1 aromatic heterocycles. The molecule has 1 aliphatic rings. The summed E-state index contributed by atoms with van der Waals surface area (Å²) >= 11 is 8.25. The van der Waals surface area contributed by atoms with Crippen molar-refractivity contribution < 1.29 is 37.5 Å². The summed E-state index contributed by atoms with van der Waals surface area (Å²) in [4.78, 5) is 13.8. The molecule has 0 saturated heterocycles. The number of alkyl halides is 1. The molecule has 1 saturated carbocycles. The topological polar surface area (TPSA) is 17.1 Å². The number of benzene rings is 1. The standard InChI is InChI=1S/C23H28ClOS.Y/c1-16(2)18-7-3-6-17(14-18)11-12-20-21(23(25)15-22(20)24)10-4-8-19-9-5-13-26-19;/h3,5-7,9,14,16,20-22H,4,8,10-12,15H2,1-2H3;/q-1;/t20-,21-,22?;/m1./s1. The molecule has 0 spiro atoms. The summed E-state index contributed by atoms with van der Waals surface area (Å²) in [5.41, 5.74) is 2.75. The van der Waals surface area contributed by atoms with Gasteiger partial charge in [0.15, 0.2) is 0 Å². The van der Waals surface area contributed by atoms with Crippen molar-refractivity contribution in [1.29, 1.82) is 0 Å². The van der Waals surface area contributed by atoms with Gasteiger partial charge in [0.1, 0.15) is 5.78 Å². The van der Waals surface area contributed by atoms with Gasteiger partial charge in [-0.25, -0.2) is 6.07 Å². The van der Waals surface area contributed by atoms with E-state index in [-0.39, 0.29) is 44.0 Å². The molecule has 3 atom stereocenters. The van der Waals surface area contributed by atoms with Gasteiger partial charge in [-0.05, 0) is 42.2 Å². The number of ketones is 1. The molecule has 1 unspecified atom stereocenters. The van der Waals surface area contributed by atoms with Gasteiger partial charge in [0.25, 0.3) is 0 Å². The number of halogens is 1. The second kappa shape index (κ2) is 11.2. The SMILES string of the molecule is CC(C)c1cccc(CC[C@H]2C(Cl)CC(=O)[C@@H]2CCCc2cc[c-]s2)c1.[Y]. The molecule has 1 radical (unpaired) electrons. The maximum Gasteiger partial charge on any atom is 0.137 e. The molecule has 1 fully saturated rings. The maximum absolute atomic E-state index is 12.5. The number of hydrogen-bond acceptors (Lipinski definition) is 2. The van der Waals surface area contributed by atoms with E-state index in [1.165, 1.54) is 16.0 Å². The summed E-state index contributed by atoms with van der Waals surface area (Å²) in [5, 5.41) is 3.15. The first-order valence-electron chi connectivity index (χ1n) is 9.75. The Kier molecular flexibility index (Phi) is 9.69. The van der Waals surface area contributed by atoms with Crippen molar-refractivity contribution >= 4 is 28.7 Å². The number of carbonyl (C=O) groups is 1. The smallest absolute Gasteiger partial charge is 0.137 e. The number of aryl methyl sites for hydroxylation is 2. The number of thiophene rings is 1. The third-order valence-electron chi connectivity index (χ3n) is 5.64. The Bertz CT molecular complexity index is 713. The van der Waals surface area contributed by atoms with Crippen molar-refractivity contribution in [1.82, 2.24) is 0 Å². The fraction of sp³-hybridized carbons (Fsp3) is 0.522. The molecular weight excluding hydrogens is 449 g/mol. The minimum atomic E-state index is 0. The van der Waals surface area contributed by atoms with Crippen LogP contribution in [0.3, 0.4) is 0 Å². The zero-order valence-corrected chi connectivity index (χ0v) is 20.7. The van der Waals surface area contributed by atoms with Gasteiger partial charge in [-0.15, -0.1) is 21.9 Å². The molecular formula is C23H28ClOSY-. The van der Waals surface area contributed by atoms with E-state index >= 15 is 0 Å². The number of Topliss-reactive ketones (excluding diaryl/α,β-unsaturated/α-hetero) is 1. The minimum Gasteiger partial charge on any atom is -0.300 e. The molecule has 0 bridgehead atoms. The van der Waals surface area contributed by atoms with Gasteiger partial charge in [-0.1, -0.05) is 51.0 Å². The van der Waals surface area contributed by atoms with Crippen LogP contribution in [0.15, 0.2) is 36.4 Å². The molecule has 1 nitrogen and oxygen atoms in total. The fourth-order valence-electron chi connectivity index (χ4n) is 4.09. The van der Waals surface area contributed by atoms with Crippen molar-refractivity contribution in [3.63, 3.8) is 0 Å². The van der Waals surface area contributed by atoms with Crippen LogP contribution in [0, 0.1) is 17.2 Å². The minimum absolute atomic E-state index is 0. The number of rotatable bonds is 8. The summed E-state index contributed by atoms with van der Waals surface area (Å²) in [6.45, 7) is 4.45. The van der Waals surface area contributed by atoms with E-state index in [1.807, 2.05) is 6.07 Å². The second-order valence-electron chi connectivity index (χ2n) is 7.81. The van der Waals surface area contributed by atoms with E-state index in [2.05, 4.69) is 49.6 Å². The zero-order valence-electron chi connectivity index (χ0n) is 16.3. The molecule has 0 amide bonds. The van der Waals surface area contributed by atoms with Gasteiger partial charge in [0.2, 0.25) is 0 Å². The van der Waals surface area contributed by atoms with Crippen molar-refractivity contribution in [3.05, 3.63) is 57.8 Å². The first-order chi connectivity index (χ1) is 12.5. The van der Waals surface area contributed by atoms with E-state index in [4.69, 9.17) is 11.6 Å². The summed E-state index contributed by atoms with van der Waals surface area (Å²) in [6.07, 6.45) is 5.66. The Labute approximate surface area is 198 Å². The van der Waals surface area contributed by atoms with Crippen LogP contribution in [0.5, 0.6) is 0 Å². The van der Waals surface area contributed by atoms with Crippen LogP contribution < -0.4 is 0 Å². The molecule has 1 aromatic carbocycles. The van der Waals surface area contributed by atoms with Crippen molar-refractivity contribution in [3.8, 4) is 0 Å². The molecule has 0 N–H and O–H groups in total. The van der Waals surface area contributed by atoms with Crippen molar-refractivity contribution in [2.24, 2.45) is 11.8 Å². The summed E-state index contributed by atoms with van der Waals surface area (Å²) in [5.74, 6) is 1.39. The Hall–Kier alpha value is -0.0161. The van der Waals surface area contributed by atoms with Gasteiger partial charge < -0.3 is 11.3 Å². The zero-order chi connectivity index (χ0) is 18.5. The van der Waals surface area contributed by atoms with E-state index in [1.54, 1.807) is 11.3 Å². The first-order valence-corrected chi connectivity index (χ1v) is 11.0. The Morgan fingerprint density at radius 1 is 1.22 bits per heavy atom. The largest absolute Gasteiger partial charge is 0.300 e. The summed E-state index contributed by atoms with van der Waals surface area (Å²) in [6, 6.07) is 13.0. The van der Waals surface area contributed by atoms with Crippen molar-refractivity contribution in [2.45, 2.75) is 63.7 Å². The molecule has 3 rings (SSSR count). The second-order valence-corrected chi connectivity index (χ2v) is 9.33. The molecule has 1 aliphatic carbocycles. The van der Waals surface area contributed by atoms with Gasteiger partial charge >= 0.3 is 0 Å². The van der Waals surface area contributed by atoms with Crippen LogP contribution in [0.25, 0.3) is 0 Å². The van der Waals surface area contributed by atoms with Gasteiger partial charge in [-0.2, -0.15) is 6.07 Å². The Morgan fingerprint density at radius 2 is 2.04 bits per heavy atom. The average Bonchev–Trinajstić information content (AvgIpc) is 3.22. The van der Waals surface area contributed by atoms with E-state index in [9.17, 15) is 4.79 Å². The third kappa shape index (κ3) is 6.49. The average molecular weight is 477 g/mol. The van der Waals surface area contributed by atoms with Crippen molar-refractivity contribution in [2.75, 3.05) is 0 Å². The molecule has 2 aromatic rings. The van der Waals surface area contributed by atoms with Gasteiger partial charge in [-0.3, -0.25) is 4.79 Å². The predicted molar refractivity (Wildman–Crippen MR) is 111 cm³/mol. The van der Waals surface area contributed by atoms with Gasteiger partial charge in [0, 0.05) is 50.4 Å². The molecule has 0 aliphatic heterocycles. The van der Waals surface area contributed by atoms with Crippen LogP contribution in [0.1, 0.15) is 61.5 Å². The Balaban J connectivity index is 0.00000261. The number of carbonyl (C=O) groups excluding carboxylic acids is 1. The third-order valence-corrected chi connectivity index (χ3v) is 6.98. The quantitative estimate of drug-likeness (QED) is 0.316. The molecule has 4 heteroatoms. The summed E-state index contributed by atoms with van der Waals surface area (Å²) < 4.78 is 0. The maximum atomic E-state index is 12.5. The number of hydrogen-bond donors (Lipinski definition) is 0. The van der Waals surface area contributed by atoms with Crippen LogP contribution >= 0.6 is 22.9 Å². The van der Waals surface area contributed by atoms with Crippen LogP contribution in [0.4, 0.5) is 0 Å². The van der Waals surface area contributed by atoms with Crippen LogP contribution in [-0.4, -0.2) is 11.2 Å². The normalized spacial score (nSPS) is 22.2. The van der Waals surface area contributed by atoms with Crippen LogP contribution in [-0.2, 0) is 50.3 Å². The fourth-order valence-corrected chi connectivity index (χ4v) is 5.21. The van der Waals surface area contributed by atoms with E-state index in [0.29, 0.717) is 24.0 Å². The van der Waals surface area contributed by atoms with E-state index < -0.39 is 0 Å². The Morgan fingerprint density at radius 3 is 2.74 bits per heavy atom. The van der Waals surface area contributed by atoms with Gasteiger partial charge in [0.05, 0.1) is 0 Å². The predicted octanol–water partition coefficient (Wildman–Crippen LogP) is 6.44. The first kappa shape index (κ1) is 23.3.